The van der Waals surface area contributed by atoms with Gasteiger partial charge in [-0.05, 0) is 19.8 Å². The summed E-state index contributed by atoms with van der Waals surface area (Å²) in [5.41, 5.74) is -1.12. The summed E-state index contributed by atoms with van der Waals surface area (Å²) in [6.07, 6.45) is 4.21. The van der Waals surface area contributed by atoms with E-state index in [1.165, 1.54) is 6.92 Å². The lowest BCUT2D eigenvalue weighted by Crippen LogP contribution is -2.54. The molecule has 18 heavy (non-hydrogen) atoms. The smallest absolute Gasteiger partial charge is 0.307 e. The predicted octanol–water partition coefficient (Wildman–Crippen LogP) is -0.487. The van der Waals surface area contributed by atoms with E-state index in [9.17, 15) is 9.59 Å². The van der Waals surface area contributed by atoms with Crippen molar-refractivity contribution in [2.24, 2.45) is 11.8 Å². The lowest BCUT2D eigenvalue weighted by molar-refractivity contribution is -0.148. The van der Waals surface area contributed by atoms with Gasteiger partial charge in [-0.15, -0.1) is 0 Å². The van der Waals surface area contributed by atoms with Gasteiger partial charge in [0.05, 0.1) is 30.6 Å². The van der Waals surface area contributed by atoms with E-state index in [1.807, 2.05) is 0 Å². The Morgan fingerprint density at radius 2 is 1.72 bits per heavy atom. The first-order valence-electron chi connectivity index (χ1n) is 5.85. The minimum atomic E-state index is -1.12. The number of aliphatic carboxylic acids is 1. The Labute approximate surface area is 105 Å². The molecule has 0 saturated heterocycles. The maximum atomic E-state index is 12.0. The molecule has 0 spiro atoms. The molecule has 0 saturated carbocycles. The van der Waals surface area contributed by atoms with Crippen molar-refractivity contribution in [2.45, 2.75) is 25.3 Å². The van der Waals surface area contributed by atoms with E-state index in [4.69, 9.17) is 15.3 Å². The highest BCUT2D eigenvalue weighted by molar-refractivity contribution is 5.85. The Hall–Kier alpha value is -1.40. The van der Waals surface area contributed by atoms with Gasteiger partial charge in [0.1, 0.15) is 0 Å². The molecule has 0 unspecified atom stereocenters. The van der Waals surface area contributed by atoms with E-state index in [0.717, 1.165) is 0 Å². The maximum absolute atomic E-state index is 12.0. The summed E-state index contributed by atoms with van der Waals surface area (Å²) in [5, 5.41) is 29.8. The van der Waals surface area contributed by atoms with Crippen LogP contribution in [0.3, 0.4) is 0 Å². The molecule has 0 aliphatic heterocycles. The Morgan fingerprint density at radius 1 is 1.22 bits per heavy atom. The van der Waals surface area contributed by atoms with Gasteiger partial charge in [-0.1, -0.05) is 12.2 Å². The SMILES string of the molecule is CC(CO)(CO)NC(=O)[C@@H]1CC=CC[C@@H]1C(=O)O. The molecule has 6 heteroatoms. The number of aliphatic hydroxyl groups is 2. The number of carboxylic acid groups (broad SMARTS) is 1. The molecule has 4 N–H and O–H groups in total. The zero-order valence-electron chi connectivity index (χ0n) is 10.3. The molecule has 0 heterocycles. The zero-order valence-corrected chi connectivity index (χ0v) is 10.3. The van der Waals surface area contributed by atoms with Gasteiger partial charge in [0.25, 0.3) is 0 Å². The number of hydrogen-bond acceptors (Lipinski definition) is 4. The first kappa shape index (κ1) is 14.7. The fourth-order valence-corrected chi connectivity index (χ4v) is 1.90. The van der Waals surface area contributed by atoms with Gasteiger partial charge >= 0.3 is 5.97 Å². The number of carboxylic acids is 1. The molecule has 1 rings (SSSR count). The number of nitrogens with one attached hydrogen (secondary N) is 1. The van der Waals surface area contributed by atoms with Crippen molar-refractivity contribution in [1.82, 2.24) is 5.32 Å². The second kappa shape index (κ2) is 5.97. The van der Waals surface area contributed by atoms with Crippen LogP contribution in [-0.2, 0) is 9.59 Å². The lowest BCUT2D eigenvalue weighted by atomic mass is 9.82. The largest absolute Gasteiger partial charge is 0.481 e. The molecule has 1 amide bonds. The Kier molecular flexibility index (Phi) is 4.86. The molecule has 102 valence electrons. The molecule has 6 nitrogen and oxygen atoms in total. The standard InChI is InChI=1S/C12H19NO5/c1-12(6-14,7-15)13-10(16)8-4-2-3-5-9(8)11(17)18/h2-3,8-9,14-15H,4-7H2,1H3,(H,13,16)(H,17,18)/t8-,9+/m1/s1. The first-order valence-corrected chi connectivity index (χ1v) is 5.85. The highest BCUT2D eigenvalue weighted by Gasteiger charge is 2.36. The van der Waals surface area contributed by atoms with Crippen LogP contribution < -0.4 is 5.32 Å². The Balaban J connectivity index is 2.76. The third-order valence-corrected chi connectivity index (χ3v) is 3.21. The summed E-state index contributed by atoms with van der Waals surface area (Å²) in [5.74, 6) is -2.87. The van der Waals surface area contributed by atoms with Crippen molar-refractivity contribution in [3.8, 4) is 0 Å². The summed E-state index contributed by atoms with van der Waals surface area (Å²) in [6.45, 7) is 0.685. The van der Waals surface area contributed by atoms with Crippen LogP contribution in [0.4, 0.5) is 0 Å². The number of rotatable bonds is 5. The number of carbonyl (C=O) groups excluding carboxylic acids is 1. The van der Waals surface area contributed by atoms with Crippen molar-refractivity contribution in [3.05, 3.63) is 12.2 Å². The van der Waals surface area contributed by atoms with Crippen LogP contribution in [0.1, 0.15) is 19.8 Å². The summed E-state index contributed by atoms with van der Waals surface area (Å²) in [6, 6.07) is 0. The Morgan fingerprint density at radius 3 is 2.17 bits per heavy atom. The van der Waals surface area contributed by atoms with Gasteiger partial charge < -0.3 is 20.6 Å². The number of amides is 1. The summed E-state index contributed by atoms with van der Waals surface area (Å²) >= 11 is 0. The highest BCUT2D eigenvalue weighted by atomic mass is 16.4. The van der Waals surface area contributed by atoms with E-state index >= 15 is 0 Å². The third kappa shape index (κ3) is 3.30. The number of aliphatic hydroxyl groups excluding tert-OH is 2. The molecule has 2 atom stereocenters. The maximum Gasteiger partial charge on any atom is 0.307 e. The van der Waals surface area contributed by atoms with Crippen molar-refractivity contribution in [2.75, 3.05) is 13.2 Å². The third-order valence-electron chi connectivity index (χ3n) is 3.21. The molecule has 0 aromatic rings. The van der Waals surface area contributed by atoms with Crippen LogP contribution in [0.25, 0.3) is 0 Å². The van der Waals surface area contributed by atoms with Crippen molar-refractivity contribution in [1.29, 1.82) is 0 Å². The summed E-state index contributed by atoms with van der Waals surface area (Å²) in [4.78, 5) is 23.1. The molecular weight excluding hydrogens is 238 g/mol. The number of carbonyl (C=O) groups is 2. The highest BCUT2D eigenvalue weighted by Crippen LogP contribution is 2.26. The fraction of sp³-hybridized carbons (Fsp3) is 0.667. The molecule has 1 aliphatic rings. The van der Waals surface area contributed by atoms with Gasteiger partial charge in [0.15, 0.2) is 0 Å². The average molecular weight is 257 g/mol. The van der Waals surface area contributed by atoms with E-state index in [-0.39, 0.29) is 0 Å². The first-order chi connectivity index (χ1) is 8.43. The molecule has 0 bridgehead atoms. The predicted molar refractivity (Wildman–Crippen MR) is 63.7 cm³/mol. The lowest BCUT2D eigenvalue weighted by Gasteiger charge is -2.31. The second-order valence-corrected chi connectivity index (χ2v) is 4.86. The Bertz CT molecular complexity index is 348. The van der Waals surface area contributed by atoms with Crippen LogP contribution in [0.5, 0.6) is 0 Å². The van der Waals surface area contributed by atoms with Crippen molar-refractivity contribution >= 4 is 11.9 Å². The molecular formula is C12H19NO5. The van der Waals surface area contributed by atoms with Gasteiger partial charge in [-0.25, -0.2) is 0 Å². The van der Waals surface area contributed by atoms with Gasteiger partial charge in [-0.3, -0.25) is 9.59 Å². The van der Waals surface area contributed by atoms with Crippen LogP contribution in [-0.4, -0.2) is 45.9 Å². The fourth-order valence-electron chi connectivity index (χ4n) is 1.90. The van der Waals surface area contributed by atoms with Crippen LogP contribution in [0, 0.1) is 11.8 Å². The summed E-state index contributed by atoms with van der Waals surface area (Å²) < 4.78 is 0. The molecule has 0 radical (unpaired) electrons. The minimum Gasteiger partial charge on any atom is -0.481 e. The molecule has 0 aromatic heterocycles. The van der Waals surface area contributed by atoms with Gasteiger partial charge in [-0.2, -0.15) is 0 Å². The van der Waals surface area contributed by atoms with Crippen LogP contribution >= 0.6 is 0 Å². The topological polar surface area (TPSA) is 107 Å². The molecule has 1 aliphatic carbocycles. The van der Waals surface area contributed by atoms with Crippen molar-refractivity contribution in [3.63, 3.8) is 0 Å². The van der Waals surface area contributed by atoms with Crippen molar-refractivity contribution < 1.29 is 24.9 Å². The van der Waals surface area contributed by atoms with E-state index in [2.05, 4.69) is 5.32 Å². The van der Waals surface area contributed by atoms with E-state index in [0.29, 0.717) is 12.8 Å². The van der Waals surface area contributed by atoms with E-state index < -0.39 is 42.5 Å². The van der Waals surface area contributed by atoms with E-state index in [1.54, 1.807) is 12.2 Å². The number of allylic oxidation sites excluding steroid dienone is 2. The number of hydrogen-bond donors (Lipinski definition) is 4. The van der Waals surface area contributed by atoms with Crippen LogP contribution in [0.15, 0.2) is 12.2 Å². The quantitative estimate of drug-likeness (QED) is 0.497. The average Bonchev–Trinajstić information content (AvgIpc) is 2.38. The van der Waals surface area contributed by atoms with Gasteiger partial charge in [0.2, 0.25) is 5.91 Å². The monoisotopic (exact) mass is 257 g/mol. The normalized spacial score (nSPS) is 23.7. The summed E-state index contributed by atoms with van der Waals surface area (Å²) in [7, 11) is 0. The molecule has 0 fully saturated rings. The zero-order chi connectivity index (χ0) is 13.8. The minimum absolute atomic E-state index is 0.322. The molecule has 0 aromatic carbocycles. The second-order valence-electron chi connectivity index (χ2n) is 4.86. The van der Waals surface area contributed by atoms with Gasteiger partial charge in [0, 0.05) is 0 Å². The van der Waals surface area contributed by atoms with Crippen LogP contribution in [0.2, 0.25) is 0 Å².